The average Bonchev–Trinajstić information content (AvgIpc) is 2.52. The molecule has 0 unspecified atom stereocenters. The quantitative estimate of drug-likeness (QED) is 0.456. The maximum Gasteiger partial charge on any atom is 0.191 e. The SMILES string of the molecule is CC/C(=N\NC(=S)Nc1ccc(C)cc1)c1ccc(O)cc1. The molecule has 2 aromatic carbocycles. The molecule has 2 rings (SSSR count). The molecule has 0 saturated carbocycles. The summed E-state index contributed by atoms with van der Waals surface area (Å²) in [6.45, 7) is 4.06. The fourth-order valence-electron chi connectivity index (χ4n) is 1.92. The Morgan fingerprint density at radius 1 is 1.09 bits per heavy atom. The van der Waals surface area contributed by atoms with Crippen LogP contribution in [0.1, 0.15) is 24.5 Å². The molecule has 0 aliphatic rings. The first-order valence-corrected chi connectivity index (χ1v) is 7.49. The number of benzene rings is 2. The molecule has 0 spiro atoms. The number of phenolic OH excluding ortho intramolecular Hbond substituents is 1. The van der Waals surface area contributed by atoms with Gasteiger partial charge in [0.2, 0.25) is 0 Å². The van der Waals surface area contributed by atoms with E-state index < -0.39 is 0 Å². The summed E-state index contributed by atoms with van der Waals surface area (Å²) in [5.74, 6) is 0.240. The zero-order valence-corrected chi connectivity index (χ0v) is 13.4. The van der Waals surface area contributed by atoms with Crippen LogP contribution in [-0.4, -0.2) is 15.9 Å². The molecular formula is C17H19N3OS. The molecule has 0 heterocycles. The maximum atomic E-state index is 9.33. The molecule has 0 aliphatic carbocycles. The van der Waals surface area contributed by atoms with Gasteiger partial charge >= 0.3 is 0 Å². The van der Waals surface area contributed by atoms with Crippen molar-refractivity contribution >= 4 is 28.7 Å². The van der Waals surface area contributed by atoms with Crippen molar-refractivity contribution in [1.29, 1.82) is 0 Å². The topological polar surface area (TPSA) is 56.7 Å². The molecule has 0 saturated heterocycles. The smallest absolute Gasteiger partial charge is 0.191 e. The molecule has 114 valence electrons. The van der Waals surface area contributed by atoms with Gasteiger partial charge in [-0.15, -0.1) is 0 Å². The van der Waals surface area contributed by atoms with E-state index in [1.54, 1.807) is 12.1 Å². The zero-order chi connectivity index (χ0) is 15.9. The van der Waals surface area contributed by atoms with Crippen molar-refractivity contribution in [2.45, 2.75) is 20.3 Å². The van der Waals surface area contributed by atoms with E-state index in [9.17, 15) is 5.11 Å². The number of hydrazone groups is 1. The number of nitrogens with zero attached hydrogens (tertiary/aromatic N) is 1. The van der Waals surface area contributed by atoms with Crippen LogP contribution in [0.2, 0.25) is 0 Å². The number of thiocarbonyl (C=S) groups is 1. The Morgan fingerprint density at radius 2 is 1.73 bits per heavy atom. The van der Waals surface area contributed by atoms with Gasteiger partial charge in [0, 0.05) is 5.69 Å². The second kappa shape index (κ2) is 7.56. The van der Waals surface area contributed by atoms with Crippen molar-refractivity contribution < 1.29 is 5.11 Å². The monoisotopic (exact) mass is 313 g/mol. The van der Waals surface area contributed by atoms with Crippen LogP contribution in [0.15, 0.2) is 53.6 Å². The van der Waals surface area contributed by atoms with Crippen LogP contribution >= 0.6 is 12.2 Å². The standard InChI is InChI=1S/C17H19N3OS/c1-3-16(13-6-10-15(21)11-7-13)19-20-17(22)18-14-8-4-12(2)5-9-14/h4-11,21H,3H2,1-2H3,(H2,18,20,22)/b19-16+. The number of hydrogen-bond acceptors (Lipinski definition) is 3. The minimum Gasteiger partial charge on any atom is -0.508 e. The van der Waals surface area contributed by atoms with Gasteiger partial charge in [0.1, 0.15) is 5.75 Å². The molecule has 2 aromatic rings. The van der Waals surface area contributed by atoms with Gasteiger partial charge in [-0.1, -0.05) is 24.6 Å². The van der Waals surface area contributed by atoms with E-state index in [1.807, 2.05) is 50.2 Å². The molecule has 5 heteroatoms. The van der Waals surface area contributed by atoms with Gasteiger partial charge in [0.25, 0.3) is 0 Å². The minimum absolute atomic E-state index is 0.240. The Bertz CT molecular complexity index is 663. The third-order valence-electron chi connectivity index (χ3n) is 3.14. The lowest BCUT2D eigenvalue weighted by atomic mass is 10.1. The highest BCUT2D eigenvalue weighted by molar-refractivity contribution is 7.80. The Labute approximate surface area is 135 Å². The summed E-state index contributed by atoms with van der Waals surface area (Å²) >= 11 is 5.24. The average molecular weight is 313 g/mol. The highest BCUT2D eigenvalue weighted by Gasteiger charge is 2.02. The molecule has 4 nitrogen and oxygen atoms in total. The number of anilines is 1. The largest absolute Gasteiger partial charge is 0.508 e. The van der Waals surface area contributed by atoms with Crippen molar-refractivity contribution in [3.8, 4) is 5.75 Å². The number of aryl methyl sites for hydroxylation is 1. The molecule has 0 atom stereocenters. The van der Waals surface area contributed by atoms with Crippen LogP contribution in [0.25, 0.3) is 0 Å². The summed E-state index contributed by atoms with van der Waals surface area (Å²) < 4.78 is 0. The van der Waals surface area contributed by atoms with Crippen LogP contribution in [0, 0.1) is 6.92 Å². The number of nitrogens with one attached hydrogen (secondary N) is 2. The lowest BCUT2D eigenvalue weighted by molar-refractivity contribution is 0.475. The van der Waals surface area contributed by atoms with Crippen molar-refractivity contribution in [3.05, 3.63) is 59.7 Å². The van der Waals surface area contributed by atoms with Crippen LogP contribution in [-0.2, 0) is 0 Å². The van der Waals surface area contributed by atoms with E-state index >= 15 is 0 Å². The van der Waals surface area contributed by atoms with Crippen LogP contribution in [0.4, 0.5) is 5.69 Å². The first kappa shape index (κ1) is 16.0. The van der Waals surface area contributed by atoms with Gasteiger partial charge in [-0.05, 0) is 67.5 Å². The Kier molecular flexibility index (Phi) is 5.49. The third-order valence-corrected chi connectivity index (χ3v) is 3.33. The molecular weight excluding hydrogens is 294 g/mol. The second-order valence-corrected chi connectivity index (χ2v) is 5.30. The van der Waals surface area contributed by atoms with E-state index in [0.717, 1.165) is 23.4 Å². The van der Waals surface area contributed by atoms with E-state index in [1.165, 1.54) is 5.56 Å². The maximum absolute atomic E-state index is 9.33. The summed E-state index contributed by atoms with van der Waals surface area (Å²) in [5, 5.41) is 17.2. The van der Waals surface area contributed by atoms with Crippen LogP contribution in [0.3, 0.4) is 0 Å². The van der Waals surface area contributed by atoms with Gasteiger partial charge in [0.15, 0.2) is 5.11 Å². The Balaban J connectivity index is 2.00. The molecule has 0 aliphatic heterocycles. The third kappa shape index (κ3) is 4.56. The van der Waals surface area contributed by atoms with Gasteiger partial charge in [-0.25, -0.2) is 0 Å². The zero-order valence-electron chi connectivity index (χ0n) is 12.6. The fourth-order valence-corrected chi connectivity index (χ4v) is 2.08. The van der Waals surface area contributed by atoms with Gasteiger partial charge in [0.05, 0.1) is 5.71 Å². The second-order valence-electron chi connectivity index (χ2n) is 4.89. The summed E-state index contributed by atoms with van der Waals surface area (Å²) in [7, 11) is 0. The van der Waals surface area contributed by atoms with Crippen LogP contribution < -0.4 is 10.7 Å². The first-order valence-electron chi connectivity index (χ1n) is 7.08. The molecule has 0 radical (unpaired) electrons. The molecule has 0 fully saturated rings. The number of rotatable bonds is 4. The van der Waals surface area contributed by atoms with Gasteiger partial charge in [-0.3, -0.25) is 5.43 Å². The van der Waals surface area contributed by atoms with Crippen molar-refractivity contribution in [1.82, 2.24) is 5.43 Å². The molecule has 22 heavy (non-hydrogen) atoms. The summed E-state index contributed by atoms with van der Waals surface area (Å²) in [6.07, 6.45) is 0.755. The predicted molar refractivity (Wildman–Crippen MR) is 95.5 cm³/mol. The van der Waals surface area contributed by atoms with Gasteiger partial charge in [-0.2, -0.15) is 5.10 Å². The number of hydrogen-bond donors (Lipinski definition) is 3. The van der Waals surface area contributed by atoms with Gasteiger partial charge < -0.3 is 10.4 Å². The Morgan fingerprint density at radius 3 is 2.32 bits per heavy atom. The van der Waals surface area contributed by atoms with E-state index in [-0.39, 0.29) is 5.75 Å². The molecule has 0 amide bonds. The van der Waals surface area contributed by atoms with E-state index in [0.29, 0.717) is 5.11 Å². The number of phenols is 1. The molecule has 3 N–H and O–H groups in total. The van der Waals surface area contributed by atoms with Crippen LogP contribution in [0.5, 0.6) is 5.75 Å². The summed E-state index contributed by atoms with van der Waals surface area (Å²) in [5.41, 5.74) is 6.79. The minimum atomic E-state index is 0.240. The highest BCUT2D eigenvalue weighted by atomic mass is 32.1. The van der Waals surface area contributed by atoms with Crippen molar-refractivity contribution in [2.75, 3.05) is 5.32 Å². The Hall–Kier alpha value is -2.40. The molecule has 0 bridgehead atoms. The van der Waals surface area contributed by atoms with Crippen molar-refractivity contribution in [3.63, 3.8) is 0 Å². The normalized spacial score (nSPS) is 11.1. The predicted octanol–water partition coefficient (Wildman–Crippen LogP) is 3.80. The van der Waals surface area contributed by atoms with Crippen molar-refractivity contribution in [2.24, 2.45) is 5.10 Å². The van der Waals surface area contributed by atoms with E-state index in [2.05, 4.69) is 15.8 Å². The summed E-state index contributed by atoms with van der Waals surface area (Å²) in [4.78, 5) is 0. The van der Waals surface area contributed by atoms with E-state index in [4.69, 9.17) is 12.2 Å². The first-order chi connectivity index (χ1) is 10.6. The number of aromatic hydroxyl groups is 1. The highest BCUT2D eigenvalue weighted by Crippen LogP contribution is 2.12. The lowest BCUT2D eigenvalue weighted by Crippen LogP contribution is -2.25. The lowest BCUT2D eigenvalue weighted by Gasteiger charge is -2.09. The fraction of sp³-hybridized carbons (Fsp3) is 0.176. The summed E-state index contributed by atoms with van der Waals surface area (Å²) in [6, 6.07) is 14.9. The molecule has 0 aromatic heterocycles.